The number of thiazole rings is 1. The molecule has 1 fully saturated rings. The number of aliphatic hydroxyl groups is 2. The number of rotatable bonds is 8. The third-order valence-corrected chi connectivity index (χ3v) is 6.93. The van der Waals surface area contributed by atoms with Crippen LogP contribution in [-0.2, 0) is 20.9 Å². The molecule has 1 saturated heterocycles. The molecule has 0 radical (unpaired) electrons. The van der Waals surface area contributed by atoms with Crippen molar-refractivity contribution in [2.24, 2.45) is 0 Å². The van der Waals surface area contributed by atoms with Gasteiger partial charge in [0.15, 0.2) is 0 Å². The monoisotopic (exact) mass is 474 g/mol. The number of aryl methyl sites for hydroxylation is 1. The largest absolute Gasteiger partial charge is 0.396 e. The summed E-state index contributed by atoms with van der Waals surface area (Å²) in [7, 11) is 1.49. The van der Waals surface area contributed by atoms with Crippen LogP contribution in [0.5, 0.6) is 0 Å². The smallest absolute Gasteiger partial charge is 0.245 e. The normalized spacial score (nSPS) is 18.8. The number of aromatic nitrogens is 1. The Bertz CT molecular complexity index is 993. The minimum Gasteiger partial charge on any atom is -0.396 e. The van der Waals surface area contributed by atoms with Crippen LogP contribution in [0.15, 0.2) is 29.8 Å². The van der Waals surface area contributed by atoms with Crippen molar-refractivity contribution in [3.8, 4) is 10.4 Å². The van der Waals surface area contributed by atoms with Gasteiger partial charge in [-0.2, -0.15) is 0 Å². The van der Waals surface area contributed by atoms with E-state index in [0.717, 1.165) is 21.7 Å². The van der Waals surface area contributed by atoms with Crippen molar-refractivity contribution in [2.45, 2.75) is 51.4 Å². The van der Waals surface area contributed by atoms with Gasteiger partial charge in [-0.05, 0) is 25.0 Å². The highest BCUT2D eigenvalue weighted by Gasteiger charge is 2.41. The summed E-state index contributed by atoms with van der Waals surface area (Å²) in [5.41, 5.74) is 4.76. The molecule has 178 valence electrons. The van der Waals surface area contributed by atoms with E-state index in [1.54, 1.807) is 18.3 Å². The van der Waals surface area contributed by atoms with Crippen molar-refractivity contribution in [1.82, 2.24) is 20.1 Å². The van der Waals surface area contributed by atoms with Crippen LogP contribution in [0.4, 0.5) is 0 Å². The highest BCUT2D eigenvalue weighted by atomic mass is 32.1. The van der Waals surface area contributed by atoms with Gasteiger partial charge in [-0.3, -0.25) is 14.4 Å². The van der Waals surface area contributed by atoms with Crippen LogP contribution in [0.1, 0.15) is 31.0 Å². The second-order valence-electron chi connectivity index (χ2n) is 8.23. The van der Waals surface area contributed by atoms with Crippen LogP contribution < -0.4 is 5.32 Å². The summed E-state index contributed by atoms with van der Waals surface area (Å²) in [6, 6.07) is 6.22. The van der Waals surface area contributed by atoms with Crippen LogP contribution in [0.25, 0.3) is 10.4 Å². The summed E-state index contributed by atoms with van der Waals surface area (Å²) in [4.78, 5) is 45.8. The van der Waals surface area contributed by atoms with Crippen molar-refractivity contribution in [1.29, 1.82) is 0 Å². The average molecular weight is 475 g/mol. The average Bonchev–Trinajstić information content (AvgIpc) is 3.41. The number of likely N-dealkylation sites (N-methyl/N-ethyl adjacent to an activating group) is 1. The fourth-order valence-electron chi connectivity index (χ4n) is 3.86. The van der Waals surface area contributed by atoms with Crippen LogP contribution in [-0.4, -0.2) is 81.1 Å². The molecule has 3 N–H and O–H groups in total. The maximum atomic E-state index is 13.0. The van der Waals surface area contributed by atoms with Gasteiger partial charge in [-0.15, -0.1) is 11.3 Å². The molecule has 2 aromatic rings. The summed E-state index contributed by atoms with van der Waals surface area (Å²) in [6.45, 7) is 3.56. The number of nitrogens with zero attached hydrogens (tertiary/aromatic N) is 3. The predicted molar refractivity (Wildman–Crippen MR) is 124 cm³/mol. The molecule has 1 aliphatic heterocycles. The molecule has 0 bridgehead atoms. The summed E-state index contributed by atoms with van der Waals surface area (Å²) < 4.78 is 0. The molecule has 2 heterocycles. The SMILES string of the molecule is Cc1ncsc1-c1ccc(CNC(=O)[C@@H]2C[C@@H](O)CN2C(=O)[C@H](C)N(C)C(=O)CCO)cc1. The molecule has 0 spiro atoms. The molecule has 3 amide bonds. The first-order valence-corrected chi connectivity index (χ1v) is 11.7. The number of likely N-dealkylation sites (tertiary alicyclic amines) is 1. The quantitative estimate of drug-likeness (QED) is 0.523. The second kappa shape index (κ2) is 10.9. The highest BCUT2D eigenvalue weighted by Crippen LogP contribution is 2.27. The van der Waals surface area contributed by atoms with Crippen LogP contribution in [0.3, 0.4) is 0 Å². The molecule has 1 aliphatic rings. The van der Waals surface area contributed by atoms with Crippen molar-refractivity contribution >= 4 is 29.1 Å². The molecule has 0 aliphatic carbocycles. The number of carbonyl (C=O) groups excluding carboxylic acids is 3. The van der Waals surface area contributed by atoms with E-state index in [0.29, 0.717) is 6.54 Å². The number of β-amino-alcohol motifs (C(OH)–C–C–N with tert-alkyl or cyclic N) is 1. The van der Waals surface area contributed by atoms with Crippen LogP contribution in [0.2, 0.25) is 0 Å². The first-order valence-electron chi connectivity index (χ1n) is 10.8. The Balaban J connectivity index is 1.61. The van der Waals surface area contributed by atoms with Gasteiger partial charge in [0.1, 0.15) is 12.1 Å². The Morgan fingerprint density at radius 2 is 2.00 bits per heavy atom. The zero-order valence-corrected chi connectivity index (χ0v) is 19.8. The van der Waals surface area contributed by atoms with E-state index in [2.05, 4.69) is 10.3 Å². The lowest BCUT2D eigenvalue weighted by Crippen LogP contribution is -2.53. The number of nitrogens with one attached hydrogen (secondary N) is 1. The zero-order chi connectivity index (χ0) is 24.1. The predicted octanol–water partition coefficient (Wildman–Crippen LogP) is 0.926. The molecule has 1 aromatic carbocycles. The zero-order valence-electron chi connectivity index (χ0n) is 19.0. The summed E-state index contributed by atoms with van der Waals surface area (Å²) >= 11 is 1.58. The van der Waals surface area contributed by atoms with Gasteiger partial charge >= 0.3 is 0 Å². The van der Waals surface area contributed by atoms with E-state index in [1.807, 2.05) is 36.7 Å². The van der Waals surface area contributed by atoms with Gasteiger partial charge in [0.05, 0.1) is 28.8 Å². The number of carbonyl (C=O) groups is 3. The minimum absolute atomic E-state index is 0.0339. The summed E-state index contributed by atoms with van der Waals surface area (Å²) in [6.07, 6.45) is -0.748. The molecule has 9 nitrogen and oxygen atoms in total. The summed E-state index contributed by atoms with van der Waals surface area (Å²) in [5, 5.41) is 21.9. The van der Waals surface area contributed by atoms with E-state index in [1.165, 1.54) is 16.8 Å². The first kappa shape index (κ1) is 24.8. The Morgan fingerprint density at radius 3 is 2.61 bits per heavy atom. The fourth-order valence-corrected chi connectivity index (χ4v) is 4.67. The minimum atomic E-state index is -0.813. The lowest BCUT2D eigenvalue weighted by molar-refractivity contribution is -0.147. The molecular weight excluding hydrogens is 444 g/mol. The first-order chi connectivity index (χ1) is 15.7. The molecular formula is C23H30N4O5S. The third kappa shape index (κ3) is 5.76. The number of benzene rings is 1. The number of amides is 3. The Hall–Kier alpha value is -2.82. The number of hydrogen-bond acceptors (Lipinski definition) is 7. The molecule has 10 heteroatoms. The maximum absolute atomic E-state index is 13.0. The van der Waals surface area contributed by atoms with E-state index in [4.69, 9.17) is 5.11 Å². The number of aliphatic hydroxyl groups excluding tert-OH is 2. The van der Waals surface area contributed by atoms with Gasteiger partial charge in [-0.25, -0.2) is 4.98 Å². The van der Waals surface area contributed by atoms with E-state index < -0.39 is 24.1 Å². The highest BCUT2D eigenvalue weighted by molar-refractivity contribution is 7.13. The standard InChI is InChI=1S/C23H30N4O5S/c1-14-21(33-13-25-14)17-6-4-16(5-7-17)11-24-22(31)19-10-18(29)12-27(19)23(32)15(2)26(3)20(30)8-9-28/h4-7,13,15,18-19,28-29H,8-12H2,1-3H3,(H,24,31)/t15-,18+,19-/m0/s1. The van der Waals surface area contributed by atoms with Gasteiger partial charge in [-0.1, -0.05) is 24.3 Å². The topological polar surface area (TPSA) is 123 Å². The number of hydrogen-bond donors (Lipinski definition) is 3. The van der Waals surface area contributed by atoms with Crippen molar-refractivity contribution in [2.75, 3.05) is 20.2 Å². The molecule has 0 unspecified atom stereocenters. The van der Waals surface area contributed by atoms with Crippen LogP contribution >= 0.6 is 11.3 Å². The van der Waals surface area contributed by atoms with Crippen LogP contribution in [0, 0.1) is 6.92 Å². The van der Waals surface area contributed by atoms with E-state index >= 15 is 0 Å². The second-order valence-corrected chi connectivity index (χ2v) is 9.09. The van der Waals surface area contributed by atoms with Gasteiger partial charge < -0.3 is 25.3 Å². The van der Waals surface area contributed by atoms with Gasteiger partial charge in [0.2, 0.25) is 17.7 Å². The Morgan fingerprint density at radius 1 is 1.30 bits per heavy atom. The molecule has 1 aromatic heterocycles. The van der Waals surface area contributed by atoms with Gasteiger partial charge in [0.25, 0.3) is 0 Å². The van der Waals surface area contributed by atoms with Crippen molar-refractivity contribution < 1.29 is 24.6 Å². The van der Waals surface area contributed by atoms with Gasteiger partial charge in [0, 0.05) is 33.0 Å². The van der Waals surface area contributed by atoms with E-state index in [-0.39, 0.29) is 37.8 Å². The molecule has 0 saturated carbocycles. The molecule has 33 heavy (non-hydrogen) atoms. The lowest BCUT2D eigenvalue weighted by atomic mass is 10.1. The fraction of sp³-hybridized carbons (Fsp3) is 0.478. The van der Waals surface area contributed by atoms with Crippen molar-refractivity contribution in [3.63, 3.8) is 0 Å². The Kier molecular flexibility index (Phi) is 8.17. The third-order valence-electron chi connectivity index (χ3n) is 5.95. The van der Waals surface area contributed by atoms with E-state index in [9.17, 15) is 19.5 Å². The lowest BCUT2D eigenvalue weighted by Gasteiger charge is -2.31. The summed E-state index contributed by atoms with van der Waals surface area (Å²) in [5.74, 6) is -1.13. The molecule has 3 atom stereocenters. The maximum Gasteiger partial charge on any atom is 0.245 e. The Labute approximate surface area is 197 Å². The molecule has 3 rings (SSSR count). The van der Waals surface area contributed by atoms with Crippen molar-refractivity contribution in [3.05, 3.63) is 41.0 Å².